The molecule has 1 aliphatic heterocycles. The summed E-state index contributed by atoms with van der Waals surface area (Å²) in [5.74, 6) is 1.10. The van der Waals surface area contributed by atoms with Crippen LogP contribution in [0.4, 0.5) is 0 Å². The Morgan fingerprint density at radius 3 is 2.89 bits per heavy atom. The highest BCUT2D eigenvalue weighted by Crippen LogP contribution is 2.29. The number of hydrogen-bond donors (Lipinski definition) is 2. The van der Waals surface area contributed by atoms with E-state index in [9.17, 15) is 5.11 Å². The van der Waals surface area contributed by atoms with E-state index < -0.39 is 5.60 Å². The van der Waals surface area contributed by atoms with Gasteiger partial charge in [-0.3, -0.25) is 0 Å². The topological polar surface area (TPSA) is 80.4 Å². The van der Waals surface area contributed by atoms with Crippen molar-refractivity contribution in [2.24, 2.45) is 0 Å². The fourth-order valence-corrected chi connectivity index (χ4v) is 2.14. The highest BCUT2D eigenvalue weighted by Gasteiger charge is 2.34. The highest BCUT2D eigenvalue weighted by atomic mass is 16.5. The summed E-state index contributed by atoms with van der Waals surface area (Å²) in [6.07, 6.45) is 1.05. The molecule has 0 spiro atoms. The van der Waals surface area contributed by atoms with Crippen molar-refractivity contribution in [2.45, 2.75) is 51.4 Å². The number of hydrogen-bond acceptors (Lipinski definition) is 6. The summed E-state index contributed by atoms with van der Waals surface area (Å²) in [4.78, 5) is 4.41. The molecule has 1 fully saturated rings. The largest absolute Gasteiger partial charge is 0.392 e. The van der Waals surface area contributed by atoms with Crippen LogP contribution in [-0.2, 0) is 10.3 Å². The molecule has 0 radical (unpaired) electrons. The second kappa shape index (κ2) is 5.34. The molecule has 1 unspecified atom stereocenters. The number of nitrogens with one attached hydrogen (secondary N) is 1. The van der Waals surface area contributed by atoms with Gasteiger partial charge in [0.2, 0.25) is 11.7 Å². The van der Waals surface area contributed by atoms with Crippen LogP contribution in [0.25, 0.3) is 0 Å². The smallest absolute Gasteiger partial charge is 0.243 e. The van der Waals surface area contributed by atoms with Crippen molar-refractivity contribution in [3.63, 3.8) is 0 Å². The van der Waals surface area contributed by atoms with Crippen LogP contribution >= 0.6 is 0 Å². The van der Waals surface area contributed by atoms with Gasteiger partial charge in [0.1, 0.15) is 5.60 Å². The van der Waals surface area contributed by atoms with Crippen molar-refractivity contribution in [3.05, 3.63) is 11.7 Å². The van der Waals surface area contributed by atoms with Crippen molar-refractivity contribution in [1.29, 1.82) is 0 Å². The molecule has 0 aromatic carbocycles. The monoisotopic (exact) mass is 255 g/mol. The lowest BCUT2D eigenvalue weighted by Crippen LogP contribution is -2.26. The third kappa shape index (κ3) is 2.55. The number of aliphatic hydroxyl groups excluding tert-OH is 1. The van der Waals surface area contributed by atoms with Crippen molar-refractivity contribution in [1.82, 2.24) is 15.5 Å². The highest BCUT2D eigenvalue weighted by molar-refractivity contribution is 5.03. The molecule has 18 heavy (non-hydrogen) atoms. The first kappa shape index (κ1) is 13.5. The van der Waals surface area contributed by atoms with Gasteiger partial charge in [0.25, 0.3) is 0 Å². The molecule has 3 atom stereocenters. The van der Waals surface area contributed by atoms with E-state index in [1.165, 1.54) is 0 Å². The number of β-amino-alcohol motifs (C(OH)–C–C–N with tert-alkyl or cyclic N) is 1. The Labute approximate surface area is 107 Å². The second-order valence-electron chi connectivity index (χ2n) is 4.82. The zero-order valence-electron chi connectivity index (χ0n) is 11.1. The third-order valence-electron chi connectivity index (χ3n) is 3.46. The van der Waals surface area contributed by atoms with Gasteiger partial charge >= 0.3 is 0 Å². The first-order chi connectivity index (χ1) is 8.59. The predicted molar refractivity (Wildman–Crippen MR) is 64.9 cm³/mol. The van der Waals surface area contributed by atoms with Crippen LogP contribution in [0.15, 0.2) is 4.52 Å². The molecule has 1 aromatic heterocycles. The summed E-state index contributed by atoms with van der Waals surface area (Å²) in [7, 11) is 0. The Kier molecular flexibility index (Phi) is 3.99. The first-order valence-electron chi connectivity index (χ1n) is 6.48. The molecule has 6 nitrogen and oxygen atoms in total. The predicted octanol–water partition coefficient (Wildman–Crippen LogP) is 1.13. The number of nitrogens with zero attached hydrogens (tertiary/aromatic N) is 2. The van der Waals surface area contributed by atoms with Crippen molar-refractivity contribution >= 4 is 0 Å². The van der Waals surface area contributed by atoms with Gasteiger partial charge in [0.15, 0.2) is 0 Å². The van der Waals surface area contributed by atoms with Crippen molar-refractivity contribution in [2.75, 3.05) is 13.2 Å². The third-order valence-corrected chi connectivity index (χ3v) is 3.46. The Morgan fingerprint density at radius 2 is 2.33 bits per heavy atom. The molecule has 0 saturated carbocycles. The maximum Gasteiger partial charge on any atom is 0.243 e. The van der Waals surface area contributed by atoms with E-state index >= 15 is 0 Å². The average molecular weight is 255 g/mol. The summed E-state index contributed by atoms with van der Waals surface area (Å²) in [6.45, 7) is 7.11. The Hall–Kier alpha value is -0.980. The first-order valence-corrected chi connectivity index (χ1v) is 6.48. The van der Waals surface area contributed by atoms with Crippen LogP contribution in [0.5, 0.6) is 0 Å². The van der Waals surface area contributed by atoms with Crippen LogP contribution in [0, 0.1) is 0 Å². The normalized spacial score (nSPS) is 27.3. The lowest BCUT2D eigenvalue weighted by atomic mass is 10.0. The van der Waals surface area contributed by atoms with Crippen LogP contribution in [0.3, 0.4) is 0 Å². The van der Waals surface area contributed by atoms with E-state index in [4.69, 9.17) is 9.26 Å². The average Bonchev–Trinajstić information content (AvgIpc) is 2.97. The zero-order valence-corrected chi connectivity index (χ0v) is 11.1. The minimum atomic E-state index is -0.506. The van der Waals surface area contributed by atoms with Gasteiger partial charge in [-0.15, -0.1) is 0 Å². The molecule has 0 aliphatic carbocycles. The van der Waals surface area contributed by atoms with Crippen LogP contribution in [-0.4, -0.2) is 34.5 Å². The fourth-order valence-electron chi connectivity index (χ4n) is 2.14. The molecule has 2 rings (SSSR count). The second-order valence-corrected chi connectivity index (χ2v) is 4.82. The molecule has 1 saturated heterocycles. The van der Waals surface area contributed by atoms with Gasteiger partial charge in [-0.05, 0) is 26.7 Å². The van der Waals surface area contributed by atoms with E-state index in [1.54, 1.807) is 0 Å². The van der Waals surface area contributed by atoms with Crippen molar-refractivity contribution in [3.8, 4) is 0 Å². The molecular formula is C12H21N3O3. The van der Waals surface area contributed by atoms with Gasteiger partial charge in [-0.2, -0.15) is 4.98 Å². The Bertz CT molecular complexity index is 396. The SMILES string of the molecule is CCOC(C)(CC)c1noc([C@H]2C[C@H](O)CN2)n1. The molecule has 6 heteroatoms. The van der Waals surface area contributed by atoms with Gasteiger partial charge in [0, 0.05) is 13.2 Å². The van der Waals surface area contributed by atoms with Crippen molar-refractivity contribution < 1.29 is 14.4 Å². The molecule has 0 bridgehead atoms. The zero-order chi connectivity index (χ0) is 13.2. The summed E-state index contributed by atoms with van der Waals surface area (Å²) >= 11 is 0. The number of aliphatic hydroxyl groups is 1. The lowest BCUT2D eigenvalue weighted by molar-refractivity contribution is -0.0403. The standard InChI is InChI=1S/C12H21N3O3/c1-4-12(3,17-5-2)11-14-10(18-15-11)9-6-8(16)7-13-9/h8-9,13,16H,4-7H2,1-3H3/t8-,9+,12?/m0/s1. The van der Waals surface area contributed by atoms with Crippen LogP contribution in [0.1, 0.15) is 51.4 Å². The maximum absolute atomic E-state index is 9.48. The van der Waals surface area contributed by atoms with E-state index in [0.29, 0.717) is 31.3 Å². The number of rotatable bonds is 5. The number of aromatic nitrogens is 2. The summed E-state index contributed by atoms with van der Waals surface area (Å²) in [5.41, 5.74) is -0.506. The summed E-state index contributed by atoms with van der Waals surface area (Å²) < 4.78 is 11.0. The summed E-state index contributed by atoms with van der Waals surface area (Å²) in [5, 5.41) is 16.6. The van der Waals surface area contributed by atoms with E-state index in [1.807, 2.05) is 20.8 Å². The molecule has 1 aromatic rings. The molecule has 2 heterocycles. The molecule has 2 N–H and O–H groups in total. The van der Waals surface area contributed by atoms with Gasteiger partial charge < -0.3 is 19.7 Å². The minimum absolute atomic E-state index is 0.0519. The molecular weight excluding hydrogens is 234 g/mol. The van der Waals surface area contributed by atoms with Crippen LogP contribution in [0.2, 0.25) is 0 Å². The maximum atomic E-state index is 9.48. The Balaban J connectivity index is 2.14. The minimum Gasteiger partial charge on any atom is -0.392 e. The van der Waals surface area contributed by atoms with E-state index in [0.717, 1.165) is 6.42 Å². The fraction of sp³-hybridized carbons (Fsp3) is 0.833. The Morgan fingerprint density at radius 1 is 1.56 bits per heavy atom. The summed E-state index contributed by atoms with van der Waals surface area (Å²) in [6, 6.07) is -0.0519. The van der Waals surface area contributed by atoms with Gasteiger partial charge in [0.05, 0.1) is 12.1 Å². The van der Waals surface area contributed by atoms with E-state index in [2.05, 4.69) is 15.5 Å². The lowest BCUT2D eigenvalue weighted by Gasteiger charge is -2.23. The van der Waals surface area contributed by atoms with E-state index in [-0.39, 0.29) is 12.1 Å². The quantitative estimate of drug-likeness (QED) is 0.821. The van der Waals surface area contributed by atoms with Crippen LogP contribution < -0.4 is 5.32 Å². The number of ether oxygens (including phenoxy) is 1. The van der Waals surface area contributed by atoms with Gasteiger partial charge in [-0.1, -0.05) is 12.1 Å². The van der Waals surface area contributed by atoms with Gasteiger partial charge in [-0.25, -0.2) is 0 Å². The molecule has 1 aliphatic rings. The molecule has 0 amide bonds. The molecule has 102 valence electrons.